The lowest BCUT2D eigenvalue weighted by atomic mass is 10.2. The summed E-state index contributed by atoms with van der Waals surface area (Å²) in [5, 5.41) is 2.29. The van der Waals surface area contributed by atoms with E-state index < -0.39 is 21.9 Å². The first-order chi connectivity index (χ1) is 10.5. The second-order valence-corrected chi connectivity index (χ2v) is 5.97. The Morgan fingerprint density at radius 1 is 1.14 bits per heavy atom. The van der Waals surface area contributed by atoms with E-state index in [1.165, 1.54) is 30.3 Å². The molecule has 1 amide bonds. The first-order valence-electron chi connectivity index (χ1n) is 6.14. The number of rotatable bonds is 1. The van der Waals surface area contributed by atoms with E-state index in [9.17, 15) is 17.6 Å². The first kappa shape index (κ1) is 14.2. The van der Waals surface area contributed by atoms with E-state index in [2.05, 4.69) is 9.71 Å². The lowest BCUT2D eigenvalue weighted by Gasteiger charge is -2.06. The number of nitrogens with one attached hydrogen (secondary N) is 1. The number of benzene rings is 2. The molecular formula is C14H9FN2O4S. The third kappa shape index (κ3) is 2.68. The fourth-order valence-corrected chi connectivity index (χ4v) is 3.08. The number of carbonyl (C=O) groups excluding carboxylic acids is 1. The Balaban J connectivity index is 1.81. The van der Waals surface area contributed by atoms with Crippen LogP contribution in [0.5, 0.6) is 0 Å². The maximum Gasteiger partial charge on any atom is 0.418 e. The molecule has 0 atom stereocenters. The fourth-order valence-electron chi connectivity index (χ4n) is 1.95. The van der Waals surface area contributed by atoms with Crippen LogP contribution >= 0.6 is 0 Å². The van der Waals surface area contributed by atoms with Crippen molar-refractivity contribution >= 4 is 27.7 Å². The molecule has 0 unspecified atom stereocenters. The molecule has 1 aliphatic rings. The molecule has 0 saturated heterocycles. The zero-order chi connectivity index (χ0) is 15.7. The molecule has 0 saturated carbocycles. The largest absolute Gasteiger partial charge is 0.418 e. The van der Waals surface area contributed by atoms with Gasteiger partial charge in [0, 0.05) is 5.69 Å². The zero-order valence-electron chi connectivity index (χ0n) is 11.0. The van der Waals surface area contributed by atoms with Crippen LogP contribution in [-0.4, -0.2) is 20.4 Å². The van der Waals surface area contributed by atoms with E-state index in [1.54, 1.807) is 12.1 Å². The summed E-state index contributed by atoms with van der Waals surface area (Å²) in [4.78, 5) is 11.7. The molecule has 1 aliphatic heterocycles. The number of amides is 1. The maximum atomic E-state index is 13.0. The highest BCUT2D eigenvalue weighted by Gasteiger charge is 2.31. The zero-order valence-corrected chi connectivity index (χ0v) is 11.8. The van der Waals surface area contributed by atoms with E-state index >= 15 is 0 Å². The quantitative estimate of drug-likeness (QED) is 0.875. The summed E-state index contributed by atoms with van der Waals surface area (Å²) in [7, 11) is -3.86. The molecule has 2 aromatic carbocycles. The average molecular weight is 320 g/mol. The van der Waals surface area contributed by atoms with Crippen molar-refractivity contribution in [2.24, 2.45) is 4.40 Å². The predicted molar refractivity (Wildman–Crippen MR) is 76.7 cm³/mol. The van der Waals surface area contributed by atoms with Crippen LogP contribution in [0.15, 0.2) is 57.8 Å². The van der Waals surface area contributed by atoms with E-state index in [1.807, 2.05) is 0 Å². The van der Waals surface area contributed by atoms with Crippen molar-refractivity contribution in [3.05, 3.63) is 59.9 Å². The highest BCUT2D eigenvalue weighted by Crippen LogP contribution is 2.26. The van der Waals surface area contributed by atoms with Crippen LogP contribution in [0.1, 0.15) is 5.56 Å². The number of halogens is 1. The van der Waals surface area contributed by atoms with Crippen molar-refractivity contribution in [2.75, 3.05) is 5.32 Å². The number of carbonyl (C=O) groups is 1. The smallest absolute Gasteiger partial charge is 0.390 e. The van der Waals surface area contributed by atoms with Crippen molar-refractivity contribution in [3.8, 4) is 0 Å². The molecule has 0 radical (unpaired) electrons. The van der Waals surface area contributed by atoms with Crippen molar-refractivity contribution < 1.29 is 22.3 Å². The van der Waals surface area contributed by atoms with E-state index in [0.717, 1.165) is 6.07 Å². The molecule has 0 bridgehead atoms. The van der Waals surface area contributed by atoms with Crippen LogP contribution in [0.25, 0.3) is 0 Å². The van der Waals surface area contributed by atoms with Crippen LogP contribution in [0.2, 0.25) is 0 Å². The van der Waals surface area contributed by atoms with Crippen molar-refractivity contribution in [1.29, 1.82) is 0 Å². The molecular weight excluding hydrogens is 311 g/mol. The average Bonchev–Trinajstić information content (AvgIpc) is 2.70. The number of ether oxygens (including phenoxy) is 1. The van der Waals surface area contributed by atoms with Gasteiger partial charge in [-0.25, -0.2) is 9.18 Å². The van der Waals surface area contributed by atoms with Gasteiger partial charge in [-0.1, -0.05) is 18.2 Å². The van der Waals surface area contributed by atoms with Gasteiger partial charge < -0.3 is 4.74 Å². The Bertz CT molecular complexity index is 893. The first-order valence-corrected chi connectivity index (χ1v) is 7.58. The number of hydrogen-bond acceptors (Lipinski definition) is 4. The van der Waals surface area contributed by atoms with E-state index in [-0.39, 0.29) is 22.0 Å². The highest BCUT2D eigenvalue weighted by atomic mass is 32.2. The lowest BCUT2D eigenvalue weighted by Crippen LogP contribution is -2.18. The Morgan fingerprint density at radius 3 is 2.68 bits per heavy atom. The van der Waals surface area contributed by atoms with E-state index in [0.29, 0.717) is 0 Å². The number of anilines is 1. The molecule has 0 aliphatic carbocycles. The standard InChI is InChI=1S/C14H9FN2O4S/c15-9-4-3-5-10(8-9)16-14(18)21-13-11-6-1-2-7-12(11)22(19,20)17-13/h1-8H,(H,16,18). The molecule has 0 spiro atoms. The fraction of sp³-hybridized carbons (Fsp3) is 0. The molecule has 1 N–H and O–H groups in total. The number of nitrogens with zero attached hydrogens (tertiary/aromatic N) is 1. The second-order valence-electron chi connectivity index (χ2n) is 4.39. The minimum absolute atomic E-state index is 0.0245. The predicted octanol–water partition coefficient (Wildman–Crippen LogP) is 2.52. The summed E-state index contributed by atoms with van der Waals surface area (Å²) in [5.41, 5.74) is 0.386. The third-order valence-corrected chi connectivity index (χ3v) is 4.18. The molecule has 8 heteroatoms. The van der Waals surface area contributed by atoms with Crippen LogP contribution < -0.4 is 5.32 Å². The minimum atomic E-state index is -3.86. The molecule has 2 aromatic rings. The summed E-state index contributed by atoms with van der Waals surface area (Å²) in [6, 6.07) is 11.2. The Labute approximate surface area is 125 Å². The van der Waals surface area contributed by atoms with Crippen molar-refractivity contribution in [2.45, 2.75) is 4.90 Å². The van der Waals surface area contributed by atoms with E-state index in [4.69, 9.17) is 4.74 Å². The number of sulfonamides is 1. The van der Waals surface area contributed by atoms with Crippen LogP contribution in [-0.2, 0) is 14.8 Å². The van der Waals surface area contributed by atoms with Crippen LogP contribution in [0.4, 0.5) is 14.9 Å². The van der Waals surface area contributed by atoms with Gasteiger partial charge in [-0.3, -0.25) is 5.32 Å². The highest BCUT2D eigenvalue weighted by molar-refractivity contribution is 7.90. The van der Waals surface area contributed by atoms with Crippen molar-refractivity contribution in [3.63, 3.8) is 0 Å². The van der Waals surface area contributed by atoms with Gasteiger partial charge in [0.2, 0.25) is 5.90 Å². The van der Waals surface area contributed by atoms with Gasteiger partial charge in [-0.2, -0.15) is 8.42 Å². The minimum Gasteiger partial charge on any atom is -0.390 e. The third-order valence-electron chi connectivity index (χ3n) is 2.86. The van der Waals surface area contributed by atoms with Crippen molar-refractivity contribution in [1.82, 2.24) is 0 Å². The summed E-state index contributed by atoms with van der Waals surface area (Å²) in [5.74, 6) is -0.839. The molecule has 1 heterocycles. The van der Waals surface area contributed by atoms with Gasteiger partial charge in [0.15, 0.2) is 0 Å². The topological polar surface area (TPSA) is 84.8 Å². The monoisotopic (exact) mass is 320 g/mol. The summed E-state index contributed by atoms with van der Waals surface area (Å²) >= 11 is 0. The van der Waals surface area contributed by atoms with Gasteiger partial charge >= 0.3 is 6.09 Å². The van der Waals surface area contributed by atoms with Gasteiger partial charge in [0.1, 0.15) is 10.7 Å². The molecule has 22 heavy (non-hydrogen) atoms. The normalized spacial score (nSPS) is 14.9. The van der Waals surface area contributed by atoms with Gasteiger partial charge in [0.05, 0.1) is 5.56 Å². The molecule has 112 valence electrons. The summed E-state index contributed by atoms with van der Waals surface area (Å²) in [6.07, 6.45) is -0.962. The molecule has 0 aromatic heterocycles. The lowest BCUT2D eigenvalue weighted by molar-refractivity contribution is 0.213. The Morgan fingerprint density at radius 2 is 1.91 bits per heavy atom. The van der Waals surface area contributed by atoms with Gasteiger partial charge in [-0.05, 0) is 30.3 Å². The van der Waals surface area contributed by atoms with Crippen LogP contribution in [0, 0.1) is 5.82 Å². The van der Waals surface area contributed by atoms with Crippen LogP contribution in [0.3, 0.4) is 0 Å². The van der Waals surface area contributed by atoms with Gasteiger partial charge in [-0.15, -0.1) is 4.40 Å². The van der Waals surface area contributed by atoms with Gasteiger partial charge in [0.25, 0.3) is 10.0 Å². The Kier molecular flexibility index (Phi) is 3.38. The molecule has 3 rings (SSSR count). The number of fused-ring (bicyclic) bond motifs is 1. The molecule has 0 fully saturated rings. The number of hydrogen-bond donors (Lipinski definition) is 1. The summed E-state index contributed by atoms with van der Waals surface area (Å²) < 4.78 is 45.0. The second kappa shape index (κ2) is 5.23. The Hall–Kier alpha value is -2.74. The maximum absolute atomic E-state index is 13.0. The molecule has 6 nitrogen and oxygen atoms in total. The SMILES string of the molecule is O=C(Nc1cccc(F)c1)OC1=NS(=O)(=O)c2ccccc21. The summed E-state index contributed by atoms with van der Waals surface area (Å²) in [6.45, 7) is 0.